The number of hydrogen-bond donors (Lipinski definition) is 3. The smallest absolute Gasteiger partial charge is 0.191 e. The summed E-state index contributed by atoms with van der Waals surface area (Å²) in [4.78, 5) is 4.53. The van der Waals surface area contributed by atoms with E-state index in [2.05, 4.69) is 45.4 Å². The average Bonchev–Trinajstić information content (AvgIpc) is 2.52. The molecule has 0 radical (unpaired) electrons. The molecule has 7 heteroatoms. The lowest BCUT2D eigenvalue weighted by Crippen LogP contribution is -2.40. The third-order valence-electron chi connectivity index (χ3n) is 3.66. The third kappa shape index (κ3) is 10.4. The van der Waals surface area contributed by atoms with Crippen molar-refractivity contribution >= 4 is 45.9 Å². The number of guanidine groups is 1. The van der Waals surface area contributed by atoms with Crippen LogP contribution in [0.15, 0.2) is 27.7 Å². The Bertz CT molecular complexity index is 529. The summed E-state index contributed by atoms with van der Waals surface area (Å²) in [6.07, 6.45) is 1.84. The Kier molecular flexibility index (Phi) is 13.5. The van der Waals surface area contributed by atoms with Gasteiger partial charge in [-0.05, 0) is 55.4 Å². The average molecular weight is 530 g/mol. The number of hydrogen-bond acceptors (Lipinski definition) is 2. The van der Waals surface area contributed by atoms with Crippen LogP contribution in [0.3, 0.4) is 0 Å². The molecule has 0 saturated carbocycles. The van der Waals surface area contributed by atoms with Gasteiger partial charge in [-0.25, -0.2) is 9.38 Å². The van der Waals surface area contributed by atoms with Crippen LogP contribution in [0.4, 0.5) is 4.39 Å². The number of benzene rings is 1. The Labute approximate surface area is 176 Å². The summed E-state index contributed by atoms with van der Waals surface area (Å²) in [6, 6.07) is 4.61. The number of nitrogens with one attached hydrogen (secondary N) is 2. The summed E-state index contributed by atoms with van der Waals surface area (Å²) in [5.74, 6) is 1.44. The van der Waals surface area contributed by atoms with Crippen LogP contribution in [0.25, 0.3) is 0 Å². The molecule has 3 N–H and O–H groups in total. The van der Waals surface area contributed by atoms with Gasteiger partial charge in [0.15, 0.2) is 5.96 Å². The minimum Gasteiger partial charge on any atom is -0.396 e. The van der Waals surface area contributed by atoms with E-state index in [0.717, 1.165) is 36.0 Å². The molecule has 0 aliphatic carbocycles. The monoisotopic (exact) mass is 529 g/mol. The SMILES string of the molecule is CCNC(=NCc1cc(F)ccc1Br)NCC(CCO)CC(C)C.I. The van der Waals surface area contributed by atoms with Gasteiger partial charge in [-0.1, -0.05) is 29.8 Å². The second-order valence-electron chi connectivity index (χ2n) is 6.32. The van der Waals surface area contributed by atoms with Gasteiger partial charge in [0.2, 0.25) is 0 Å². The summed E-state index contributed by atoms with van der Waals surface area (Å²) in [6.45, 7) is 8.48. The van der Waals surface area contributed by atoms with Crippen LogP contribution in [-0.4, -0.2) is 30.8 Å². The van der Waals surface area contributed by atoms with E-state index in [1.54, 1.807) is 6.07 Å². The van der Waals surface area contributed by atoms with Crippen LogP contribution < -0.4 is 10.6 Å². The lowest BCUT2D eigenvalue weighted by molar-refractivity contribution is 0.243. The first kappa shape index (κ1) is 24.6. The number of rotatable bonds is 9. The molecule has 0 fully saturated rings. The fourth-order valence-corrected chi connectivity index (χ4v) is 2.94. The highest BCUT2D eigenvalue weighted by molar-refractivity contribution is 14.0. The van der Waals surface area contributed by atoms with Crippen molar-refractivity contribution in [3.63, 3.8) is 0 Å². The number of aliphatic hydroxyl groups is 1. The van der Waals surface area contributed by atoms with Crippen LogP contribution in [0.5, 0.6) is 0 Å². The van der Waals surface area contributed by atoms with E-state index in [1.807, 2.05) is 6.92 Å². The van der Waals surface area contributed by atoms with E-state index >= 15 is 0 Å². The molecule has 0 aromatic heterocycles. The number of aliphatic imine (C=N–C) groups is 1. The second kappa shape index (κ2) is 13.7. The zero-order chi connectivity index (χ0) is 17.9. The van der Waals surface area contributed by atoms with Gasteiger partial charge in [0.05, 0.1) is 6.54 Å². The summed E-state index contributed by atoms with van der Waals surface area (Å²) in [7, 11) is 0. The third-order valence-corrected chi connectivity index (χ3v) is 4.43. The molecular weight excluding hydrogens is 500 g/mol. The number of aliphatic hydroxyl groups excluding tert-OH is 1. The topological polar surface area (TPSA) is 56.7 Å². The van der Waals surface area contributed by atoms with Gasteiger partial charge in [-0.15, -0.1) is 24.0 Å². The van der Waals surface area contributed by atoms with E-state index in [1.165, 1.54) is 12.1 Å². The van der Waals surface area contributed by atoms with Crippen molar-refractivity contribution in [2.75, 3.05) is 19.7 Å². The maximum absolute atomic E-state index is 13.4. The molecule has 4 nitrogen and oxygen atoms in total. The first-order valence-corrected chi connectivity index (χ1v) is 9.32. The standard InChI is InChI=1S/C18H29BrFN3O.HI/c1-4-21-18(22-11-14(7-8-24)9-13(2)3)23-12-15-10-16(20)5-6-17(15)19;/h5-6,10,13-14,24H,4,7-9,11-12H2,1-3H3,(H2,21,22,23);1H. The fourth-order valence-electron chi connectivity index (χ4n) is 2.56. The molecule has 0 heterocycles. The van der Waals surface area contributed by atoms with Gasteiger partial charge >= 0.3 is 0 Å². The van der Waals surface area contributed by atoms with Gasteiger partial charge in [0.25, 0.3) is 0 Å². The van der Waals surface area contributed by atoms with Crippen LogP contribution in [0, 0.1) is 17.7 Å². The molecule has 0 spiro atoms. The van der Waals surface area contributed by atoms with Gasteiger partial charge < -0.3 is 15.7 Å². The zero-order valence-corrected chi connectivity index (χ0v) is 19.1. The van der Waals surface area contributed by atoms with Crippen LogP contribution >= 0.6 is 39.9 Å². The molecule has 1 rings (SSSR count). The number of nitrogens with zero attached hydrogens (tertiary/aromatic N) is 1. The molecule has 0 bridgehead atoms. The van der Waals surface area contributed by atoms with Crippen molar-refractivity contribution in [2.45, 2.75) is 40.2 Å². The van der Waals surface area contributed by atoms with E-state index in [9.17, 15) is 9.50 Å². The highest BCUT2D eigenvalue weighted by Gasteiger charge is 2.11. The first-order valence-electron chi connectivity index (χ1n) is 8.53. The van der Waals surface area contributed by atoms with Crippen molar-refractivity contribution in [3.05, 3.63) is 34.1 Å². The van der Waals surface area contributed by atoms with Crippen molar-refractivity contribution in [1.29, 1.82) is 0 Å². The van der Waals surface area contributed by atoms with E-state index in [4.69, 9.17) is 0 Å². The lowest BCUT2D eigenvalue weighted by Gasteiger charge is -2.20. The van der Waals surface area contributed by atoms with Gasteiger partial charge in [0, 0.05) is 24.2 Å². The van der Waals surface area contributed by atoms with Gasteiger partial charge in [0.1, 0.15) is 5.82 Å². The quantitative estimate of drug-likeness (QED) is 0.254. The molecule has 0 aliphatic rings. The Morgan fingerprint density at radius 3 is 2.64 bits per heavy atom. The molecule has 25 heavy (non-hydrogen) atoms. The highest BCUT2D eigenvalue weighted by Crippen LogP contribution is 2.18. The minimum atomic E-state index is -0.263. The first-order chi connectivity index (χ1) is 11.5. The van der Waals surface area contributed by atoms with Crippen molar-refractivity contribution in [3.8, 4) is 0 Å². The summed E-state index contributed by atoms with van der Waals surface area (Å²) >= 11 is 3.42. The fraction of sp³-hybridized carbons (Fsp3) is 0.611. The number of halogens is 3. The van der Waals surface area contributed by atoms with E-state index in [0.29, 0.717) is 24.3 Å². The Morgan fingerprint density at radius 2 is 2.04 bits per heavy atom. The predicted molar refractivity (Wildman–Crippen MR) is 117 cm³/mol. The molecular formula is C18H30BrFIN3O. The molecule has 1 aromatic rings. The van der Waals surface area contributed by atoms with Gasteiger partial charge in [-0.3, -0.25) is 0 Å². The maximum atomic E-state index is 13.4. The summed E-state index contributed by atoms with van der Waals surface area (Å²) < 4.78 is 14.2. The summed E-state index contributed by atoms with van der Waals surface area (Å²) in [5.41, 5.74) is 0.807. The lowest BCUT2D eigenvalue weighted by atomic mass is 9.94. The summed E-state index contributed by atoms with van der Waals surface area (Å²) in [5, 5.41) is 15.8. The van der Waals surface area contributed by atoms with Crippen LogP contribution in [-0.2, 0) is 6.54 Å². The van der Waals surface area contributed by atoms with Crippen LogP contribution in [0.1, 0.15) is 39.2 Å². The Balaban J connectivity index is 0.00000576. The zero-order valence-electron chi connectivity index (χ0n) is 15.2. The molecule has 1 atom stereocenters. The van der Waals surface area contributed by atoms with Crippen molar-refractivity contribution in [2.24, 2.45) is 16.8 Å². The maximum Gasteiger partial charge on any atom is 0.191 e. The van der Waals surface area contributed by atoms with Gasteiger partial charge in [-0.2, -0.15) is 0 Å². The molecule has 144 valence electrons. The molecule has 0 saturated heterocycles. The largest absolute Gasteiger partial charge is 0.396 e. The molecule has 1 unspecified atom stereocenters. The second-order valence-corrected chi connectivity index (χ2v) is 7.17. The molecule has 0 aliphatic heterocycles. The molecule has 1 aromatic carbocycles. The normalized spacial score (nSPS) is 12.7. The highest BCUT2D eigenvalue weighted by atomic mass is 127. The Hall–Kier alpha value is -0.410. The van der Waals surface area contributed by atoms with Crippen molar-refractivity contribution in [1.82, 2.24) is 10.6 Å². The molecule has 0 amide bonds. The van der Waals surface area contributed by atoms with Crippen molar-refractivity contribution < 1.29 is 9.50 Å². The van der Waals surface area contributed by atoms with E-state index < -0.39 is 0 Å². The van der Waals surface area contributed by atoms with Crippen LogP contribution in [0.2, 0.25) is 0 Å². The Morgan fingerprint density at radius 1 is 1.32 bits per heavy atom. The van der Waals surface area contributed by atoms with E-state index in [-0.39, 0.29) is 36.4 Å². The predicted octanol–water partition coefficient (Wildman–Crippen LogP) is 4.31. The minimum absolute atomic E-state index is 0.